The van der Waals surface area contributed by atoms with Gasteiger partial charge in [-0.05, 0) is 47.9 Å². The Morgan fingerprint density at radius 3 is 2.36 bits per heavy atom. The van der Waals surface area contributed by atoms with Gasteiger partial charge in [0, 0.05) is 18.3 Å². The monoisotopic (exact) mass is 443 g/mol. The summed E-state index contributed by atoms with van der Waals surface area (Å²) in [6, 6.07) is 21.6. The van der Waals surface area contributed by atoms with Crippen LogP contribution in [0.4, 0.5) is 11.4 Å². The minimum Gasteiger partial charge on any atom is -0.493 e. The van der Waals surface area contributed by atoms with Crippen LogP contribution in [0.1, 0.15) is 36.0 Å². The van der Waals surface area contributed by atoms with Crippen LogP contribution in [0, 0.1) is 0 Å². The maximum Gasteiger partial charge on any atom is 0.238 e. The number of ether oxygens (including phenoxy) is 2. The molecule has 0 bridgehead atoms. The largest absolute Gasteiger partial charge is 0.493 e. The minimum absolute atomic E-state index is 0.122. The molecule has 1 amide bonds. The van der Waals surface area contributed by atoms with Gasteiger partial charge in [0.05, 0.1) is 25.6 Å². The standard InChI is InChI=1S/C27H29N3O3/c1-4-14-28-17-18-10-12-20(13-11-18)29-26(19-8-6-5-7-9-19)25-21-15-23(32-2)24(33-3)16-22(21)30-27(25)31/h5-13,15-16,25,28H,4,14,17H2,1-3H3,(H,30,31). The third-order valence-corrected chi connectivity index (χ3v) is 5.67. The highest BCUT2D eigenvalue weighted by molar-refractivity contribution is 6.24. The molecule has 1 heterocycles. The Morgan fingerprint density at radius 1 is 1.00 bits per heavy atom. The van der Waals surface area contributed by atoms with Crippen molar-refractivity contribution in [3.05, 3.63) is 83.4 Å². The number of hydrogen-bond donors (Lipinski definition) is 2. The average Bonchev–Trinajstić information content (AvgIpc) is 3.17. The first-order chi connectivity index (χ1) is 16.1. The van der Waals surface area contributed by atoms with Gasteiger partial charge in [-0.2, -0.15) is 0 Å². The van der Waals surface area contributed by atoms with E-state index in [1.54, 1.807) is 20.3 Å². The van der Waals surface area contributed by atoms with E-state index in [0.717, 1.165) is 36.3 Å². The number of rotatable bonds is 9. The SMILES string of the molecule is CCCNCc1ccc(N=C(c2ccccc2)C2C(=O)Nc3cc(OC)c(OC)cc32)cc1. The van der Waals surface area contributed by atoms with E-state index >= 15 is 0 Å². The number of hydrogen-bond acceptors (Lipinski definition) is 5. The molecule has 1 unspecified atom stereocenters. The fraction of sp³-hybridized carbons (Fsp3) is 0.259. The zero-order chi connectivity index (χ0) is 23.2. The van der Waals surface area contributed by atoms with Crippen molar-refractivity contribution < 1.29 is 14.3 Å². The summed E-state index contributed by atoms with van der Waals surface area (Å²) in [5.41, 5.74) is 5.12. The van der Waals surface area contributed by atoms with E-state index in [2.05, 4.69) is 29.7 Å². The lowest BCUT2D eigenvalue weighted by Gasteiger charge is -2.15. The van der Waals surface area contributed by atoms with Gasteiger partial charge in [0.1, 0.15) is 5.92 Å². The molecule has 1 aliphatic heterocycles. The number of amides is 1. The lowest BCUT2D eigenvalue weighted by Crippen LogP contribution is -2.22. The molecule has 0 fully saturated rings. The maximum absolute atomic E-state index is 13.2. The predicted molar refractivity (Wildman–Crippen MR) is 132 cm³/mol. The third kappa shape index (κ3) is 4.91. The number of nitrogens with zero attached hydrogens (tertiary/aromatic N) is 1. The molecule has 170 valence electrons. The van der Waals surface area contributed by atoms with Crippen molar-refractivity contribution in [2.45, 2.75) is 25.8 Å². The smallest absolute Gasteiger partial charge is 0.238 e. The topological polar surface area (TPSA) is 72.0 Å². The molecule has 0 aromatic heterocycles. The van der Waals surface area contributed by atoms with Crippen LogP contribution in [0.5, 0.6) is 11.5 Å². The van der Waals surface area contributed by atoms with E-state index < -0.39 is 5.92 Å². The highest BCUT2D eigenvalue weighted by Crippen LogP contribution is 2.42. The molecule has 1 aliphatic rings. The van der Waals surface area contributed by atoms with Gasteiger partial charge in [-0.25, -0.2) is 0 Å². The number of aliphatic imine (C=N–C) groups is 1. The van der Waals surface area contributed by atoms with E-state index in [0.29, 0.717) is 22.9 Å². The Hall–Kier alpha value is -3.64. The normalized spacial score (nSPS) is 15.2. The van der Waals surface area contributed by atoms with Gasteiger partial charge in [-0.3, -0.25) is 9.79 Å². The summed E-state index contributed by atoms with van der Waals surface area (Å²) in [7, 11) is 3.17. The van der Waals surface area contributed by atoms with E-state index in [4.69, 9.17) is 14.5 Å². The van der Waals surface area contributed by atoms with Gasteiger partial charge in [-0.1, -0.05) is 49.4 Å². The molecule has 33 heavy (non-hydrogen) atoms. The van der Waals surface area contributed by atoms with Crippen molar-refractivity contribution in [1.82, 2.24) is 5.32 Å². The van der Waals surface area contributed by atoms with E-state index in [1.165, 1.54) is 5.56 Å². The van der Waals surface area contributed by atoms with Crippen LogP contribution in [-0.4, -0.2) is 32.4 Å². The van der Waals surface area contributed by atoms with Crippen LogP contribution in [0.15, 0.2) is 71.7 Å². The molecule has 4 rings (SSSR count). The molecule has 0 saturated carbocycles. The predicted octanol–water partition coefficient (Wildman–Crippen LogP) is 5.06. The second-order valence-electron chi connectivity index (χ2n) is 7.92. The molecule has 2 N–H and O–H groups in total. The lowest BCUT2D eigenvalue weighted by atomic mass is 9.90. The van der Waals surface area contributed by atoms with Crippen molar-refractivity contribution in [3.8, 4) is 11.5 Å². The van der Waals surface area contributed by atoms with Crippen LogP contribution in [0.3, 0.4) is 0 Å². The summed E-state index contributed by atoms with van der Waals surface area (Å²) in [4.78, 5) is 18.1. The van der Waals surface area contributed by atoms with Gasteiger partial charge < -0.3 is 20.1 Å². The van der Waals surface area contributed by atoms with Gasteiger partial charge in [-0.15, -0.1) is 0 Å². The van der Waals surface area contributed by atoms with Crippen LogP contribution >= 0.6 is 0 Å². The van der Waals surface area contributed by atoms with Gasteiger partial charge >= 0.3 is 0 Å². The zero-order valence-corrected chi connectivity index (χ0v) is 19.2. The Morgan fingerprint density at radius 2 is 1.70 bits per heavy atom. The molecule has 0 saturated heterocycles. The fourth-order valence-corrected chi connectivity index (χ4v) is 4.00. The van der Waals surface area contributed by atoms with Gasteiger partial charge in [0.25, 0.3) is 0 Å². The summed E-state index contributed by atoms with van der Waals surface area (Å²) in [6.07, 6.45) is 1.10. The molecule has 0 aliphatic carbocycles. The molecule has 3 aromatic carbocycles. The van der Waals surface area contributed by atoms with Gasteiger partial charge in [0.2, 0.25) is 5.91 Å². The Balaban J connectivity index is 1.75. The fourth-order valence-electron chi connectivity index (χ4n) is 4.00. The van der Waals surface area contributed by atoms with E-state index in [1.807, 2.05) is 48.5 Å². The average molecular weight is 444 g/mol. The molecule has 1 atom stereocenters. The van der Waals surface area contributed by atoms with E-state index in [-0.39, 0.29) is 5.91 Å². The van der Waals surface area contributed by atoms with Gasteiger partial charge in [0.15, 0.2) is 11.5 Å². The van der Waals surface area contributed by atoms with E-state index in [9.17, 15) is 4.79 Å². The highest BCUT2D eigenvalue weighted by atomic mass is 16.5. The van der Waals surface area contributed by atoms with Crippen molar-refractivity contribution in [3.63, 3.8) is 0 Å². The van der Waals surface area contributed by atoms with Crippen molar-refractivity contribution in [2.24, 2.45) is 4.99 Å². The van der Waals surface area contributed by atoms with Crippen LogP contribution < -0.4 is 20.1 Å². The first-order valence-corrected chi connectivity index (χ1v) is 11.1. The summed E-state index contributed by atoms with van der Waals surface area (Å²) in [5, 5.41) is 6.39. The van der Waals surface area contributed by atoms with Crippen molar-refractivity contribution in [1.29, 1.82) is 0 Å². The quantitative estimate of drug-likeness (QED) is 0.358. The number of fused-ring (bicyclic) bond motifs is 1. The molecule has 0 radical (unpaired) electrons. The molecule has 0 spiro atoms. The Labute approximate surface area is 194 Å². The number of anilines is 1. The number of methoxy groups -OCH3 is 2. The summed E-state index contributed by atoms with van der Waals surface area (Å²) >= 11 is 0. The second-order valence-corrected chi connectivity index (χ2v) is 7.92. The molecule has 6 heteroatoms. The first kappa shape index (κ1) is 22.6. The maximum atomic E-state index is 13.2. The minimum atomic E-state index is -0.562. The van der Waals surface area contributed by atoms with Crippen LogP contribution in [0.2, 0.25) is 0 Å². The second kappa shape index (κ2) is 10.3. The van der Waals surface area contributed by atoms with Crippen LogP contribution in [0.25, 0.3) is 0 Å². The third-order valence-electron chi connectivity index (χ3n) is 5.67. The molecular weight excluding hydrogens is 414 g/mol. The number of benzene rings is 3. The first-order valence-electron chi connectivity index (χ1n) is 11.1. The summed E-state index contributed by atoms with van der Waals surface area (Å²) < 4.78 is 10.9. The number of carbonyl (C=O) groups is 1. The number of nitrogens with one attached hydrogen (secondary N) is 2. The van der Waals surface area contributed by atoms with Crippen molar-refractivity contribution in [2.75, 3.05) is 26.1 Å². The summed E-state index contributed by atoms with van der Waals surface area (Å²) in [6.45, 7) is 3.96. The highest BCUT2D eigenvalue weighted by Gasteiger charge is 2.36. The molecular formula is C27H29N3O3. The lowest BCUT2D eigenvalue weighted by molar-refractivity contribution is -0.115. The zero-order valence-electron chi connectivity index (χ0n) is 19.2. The van der Waals surface area contributed by atoms with Crippen LogP contribution in [-0.2, 0) is 11.3 Å². The molecule has 3 aromatic rings. The number of carbonyl (C=O) groups excluding carboxylic acids is 1. The summed E-state index contributed by atoms with van der Waals surface area (Å²) in [5.74, 6) is 0.466. The Kier molecular flexibility index (Phi) is 7.05. The Bertz CT molecular complexity index is 1140. The van der Waals surface area contributed by atoms with Crippen molar-refractivity contribution >= 4 is 23.0 Å². The molecule has 6 nitrogen and oxygen atoms in total.